The molecule has 0 heterocycles. The minimum atomic E-state index is -0.173. The van der Waals surface area contributed by atoms with Crippen molar-refractivity contribution in [1.29, 1.82) is 0 Å². The highest BCUT2D eigenvalue weighted by atomic mass is 16.5. The van der Waals surface area contributed by atoms with Gasteiger partial charge in [-0.05, 0) is 45.0 Å². The smallest absolute Gasteiger partial charge is 0.322 e. The van der Waals surface area contributed by atoms with Crippen LogP contribution in [0.4, 0.5) is 10.5 Å². The van der Waals surface area contributed by atoms with Gasteiger partial charge in [0.2, 0.25) is 0 Å². The number of nitrogens with one attached hydrogen (secondary N) is 1. The number of methoxy groups -OCH3 is 1. The number of benzene rings is 1. The first-order valence-corrected chi connectivity index (χ1v) is 6.63. The largest absolute Gasteiger partial charge is 0.383 e. The minimum absolute atomic E-state index is 0.00628. The Kier molecular flexibility index (Phi) is 6.18. The molecule has 0 aliphatic heterocycles. The number of nitrogens with zero attached hydrogens (tertiary/aromatic N) is 1. The molecule has 0 atom stereocenters. The van der Waals surface area contributed by atoms with E-state index in [-0.39, 0.29) is 17.9 Å². The molecule has 0 bridgehead atoms. The Labute approximate surface area is 119 Å². The summed E-state index contributed by atoms with van der Waals surface area (Å²) in [7, 11) is 1.61. The third-order valence-electron chi connectivity index (χ3n) is 2.96. The molecule has 0 radical (unpaired) electrons. The second kappa shape index (κ2) is 7.65. The zero-order valence-corrected chi connectivity index (χ0v) is 12.5. The molecular formula is C15H22N2O3. The molecule has 0 aromatic heterocycles. The highest BCUT2D eigenvalue weighted by Crippen LogP contribution is 2.11. The van der Waals surface area contributed by atoms with Crippen LogP contribution in [0.5, 0.6) is 0 Å². The topological polar surface area (TPSA) is 58.6 Å². The lowest BCUT2D eigenvalue weighted by Gasteiger charge is -2.26. The van der Waals surface area contributed by atoms with Crippen molar-refractivity contribution < 1.29 is 14.3 Å². The van der Waals surface area contributed by atoms with Crippen LogP contribution >= 0.6 is 0 Å². The van der Waals surface area contributed by atoms with Crippen LogP contribution in [0.1, 0.15) is 31.1 Å². The van der Waals surface area contributed by atoms with Crippen LogP contribution in [0.25, 0.3) is 0 Å². The van der Waals surface area contributed by atoms with Gasteiger partial charge in [0.25, 0.3) is 0 Å². The zero-order valence-electron chi connectivity index (χ0n) is 12.5. The Morgan fingerprint density at radius 2 is 1.85 bits per heavy atom. The molecule has 1 aromatic rings. The van der Waals surface area contributed by atoms with Crippen LogP contribution in [-0.4, -0.2) is 43.0 Å². The van der Waals surface area contributed by atoms with Gasteiger partial charge >= 0.3 is 6.03 Å². The van der Waals surface area contributed by atoms with Crippen LogP contribution in [-0.2, 0) is 4.74 Å². The van der Waals surface area contributed by atoms with Gasteiger partial charge in [-0.2, -0.15) is 0 Å². The van der Waals surface area contributed by atoms with E-state index in [2.05, 4.69) is 5.32 Å². The fourth-order valence-corrected chi connectivity index (χ4v) is 1.77. The average molecular weight is 278 g/mol. The summed E-state index contributed by atoms with van der Waals surface area (Å²) in [5, 5.41) is 2.82. The number of ether oxygens (including phenoxy) is 1. The zero-order chi connectivity index (χ0) is 15.1. The average Bonchev–Trinajstić information content (AvgIpc) is 2.39. The third kappa shape index (κ3) is 4.66. The van der Waals surface area contributed by atoms with E-state index in [1.807, 2.05) is 13.8 Å². The van der Waals surface area contributed by atoms with Crippen LogP contribution in [0.15, 0.2) is 24.3 Å². The number of hydrogen-bond donors (Lipinski definition) is 1. The molecule has 0 aliphatic carbocycles. The van der Waals surface area contributed by atoms with E-state index in [1.54, 1.807) is 36.3 Å². The summed E-state index contributed by atoms with van der Waals surface area (Å²) in [5.74, 6) is 0.00628. The summed E-state index contributed by atoms with van der Waals surface area (Å²) >= 11 is 0. The monoisotopic (exact) mass is 278 g/mol. The first kappa shape index (κ1) is 16.2. The van der Waals surface area contributed by atoms with E-state index in [0.29, 0.717) is 24.4 Å². The van der Waals surface area contributed by atoms with E-state index in [4.69, 9.17) is 4.74 Å². The van der Waals surface area contributed by atoms with Gasteiger partial charge in [0.05, 0.1) is 6.61 Å². The highest BCUT2D eigenvalue weighted by molar-refractivity contribution is 5.95. The van der Waals surface area contributed by atoms with E-state index in [9.17, 15) is 9.59 Å². The summed E-state index contributed by atoms with van der Waals surface area (Å²) in [6.07, 6.45) is 0. The summed E-state index contributed by atoms with van der Waals surface area (Å²) in [5.41, 5.74) is 1.30. The van der Waals surface area contributed by atoms with Crippen molar-refractivity contribution in [3.05, 3.63) is 29.8 Å². The summed E-state index contributed by atoms with van der Waals surface area (Å²) < 4.78 is 5.01. The molecule has 1 rings (SSSR count). The molecule has 0 fully saturated rings. The number of anilines is 1. The standard InChI is InChI=1S/C15H22N2O3/c1-11(2)17(9-10-20-4)15(19)16-14-7-5-13(6-8-14)12(3)18/h5-8,11H,9-10H2,1-4H3,(H,16,19). The number of rotatable bonds is 6. The predicted molar refractivity (Wildman–Crippen MR) is 79.2 cm³/mol. The Balaban J connectivity index is 2.69. The second-order valence-corrected chi connectivity index (χ2v) is 4.84. The molecule has 20 heavy (non-hydrogen) atoms. The lowest BCUT2D eigenvalue weighted by Crippen LogP contribution is -2.42. The van der Waals surface area contributed by atoms with Crippen molar-refractivity contribution in [2.24, 2.45) is 0 Å². The molecule has 0 spiro atoms. The molecule has 110 valence electrons. The summed E-state index contributed by atoms with van der Waals surface area (Å²) in [6, 6.07) is 6.77. The Bertz CT molecular complexity index is 455. The maximum atomic E-state index is 12.2. The maximum Gasteiger partial charge on any atom is 0.322 e. The molecule has 0 aliphatic rings. The van der Waals surface area contributed by atoms with Gasteiger partial charge in [0.15, 0.2) is 5.78 Å². The van der Waals surface area contributed by atoms with Crippen LogP contribution < -0.4 is 5.32 Å². The summed E-state index contributed by atoms with van der Waals surface area (Å²) in [4.78, 5) is 25.1. The van der Waals surface area contributed by atoms with Crippen LogP contribution in [0.2, 0.25) is 0 Å². The maximum absolute atomic E-state index is 12.2. The lowest BCUT2D eigenvalue weighted by molar-refractivity contribution is 0.101. The predicted octanol–water partition coefficient (Wildman–Crippen LogP) is 2.78. The van der Waals surface area contributed by atoms with Crippen molar-refractivity contribution in [1.82, 2.24) is 4.90 Å². The van der Waals surface area contributed by atoms with Gasteiger partial charge in [0.1, 0.15) is 0 Å². The first-order valence-electron chi connectivity index (χ1n) is 6.63. The molecule has 1 N–H and O–H groups in total. The van der Waals surface area contributed by atoms with E-state index in [1.165, 1.54) is 6.92 Å². The van der Waals surface area contributed by atoms with Gasteiger partial charge in [-0.3, -0.25) is 4.79 Å². The Hall–Kier alpha value is -1.88. The number of carbonyl (C=O) groups excluding carboxylic acids is 2. The quantitative estimate of drug-likeness (QED) is 0.814. The molecule has 5 nitrogen and oxygen atoms in total. The number of amides is 2. The third-order valence-corrected chi connectivity index (χ3v) is 2.96. The Morgan fingerprint density at radius 1 is 1.25 bits per heavy atom. The van der Waals surface area contributed by atoms with Gasteiger partial charge in [-0.15, -0.1) is 0 Å². The van der Waals surface area contributed by atoms with Crippen molar-refractivity contribution in [2.45, 2.75) is 26.8 Å². The highest BCUT2D eigenvalue weighted by Gasteiger charge is 2.16. The van der Waals surface area contributed by atoms with Gasteiger partial charge in [-0.1, -0.05) is 0 Å². The van der Waals surface area contributed by atoms with Crippen molar-refractivity contribution >= 4 is 17.5 Å². The van der Waals surface area contributed by atoms with Crippen LogP contribution in [0, 0.1) is 0 Å². The number of hydrogen-bond acceptors (Lipinski definition) is 3. The molecule has 0 saturated heterocycles. The number of urea groups is 1. The lowest BCUT2D eigenvalue weighted by atomic mass is 10.1. The number of Topliss-reactive ketones (excluding diaryl/α,β-unsaturated/α-hetero) is 1. The fraction of sp³-hybridized carbons (Fsp3) is 0.467. The Morgan fingerprint density at radius 3 is 2.30 bits per heavy atom. The normalized spacial score (nSPS) is 10.4. The van der Waals surface area contributed by atoms with Crippen molar-refractivity contribution in [2.75, 3.05) is 25.6 Å². The molecule has 0 unspecified atom stereocenters. The van der Waals surface area contributed by atoms with Gasteiger partial charge in [0, 0.05) is 30.9 Å². The van der Waals surface area contributed by atoms with Crippen molar-refractivity contribution in [3.8, 4) is 0 Å². The second-order valence-electron chi connectivity index (χ2n) is 4.84. The fourth-order valence-electron chi connectivity index (χ4n) is 1.77. The summed E-state index contributed by atoms with van der Waals surface area (Å²) in [6.45, 7) is 6.45. The molecule has 1 aromatic carbocycles. The molecular weight excluding hydrogens is 256 g/mol. The molecule has 5 heteroatoms. The number of carbonyl (C=O) groups is 2. The van der Waals surface area contributed by atoms with E-state index in [0.717, 1.165) is 0 Å². The first-order chi connectivity index (χ1) is 9.45. The molecule has 0 saturated carbocycles. The van der Waals surface area contributed by atoms with E-state index < -0.39 is 0 Å². The van der Waals surface area contributed by atoms with E-state index >= 15 is 0 Å². The van der Waals surface area contributed by atoms with Gasteiger partial charge < -0.3 is 15.0 Å². The SMILES string of the molecule is COCCN(C(=O)Nc1ccc(C(C)=O)cc1)C(C)C. The van der Waals surface area contributed by atoms with Crippen LogP contribution in [0.3, 0.4) is 0 Å². The minimum Gasteiger partial charge on any atom is -0.383 e. The van der Waals surface area contributed by atoms with Crippen molar-refractivity contribution in [3.63, 3.8) is 0 Å². The molecule has 2 amide bonds. The van der Waals surface area contributed by atoms with Gasteiger partial charge in [-0.25, -0.2) is 4.79 Å². The number of ketones is 1.